The molecule has 0 unspecified atom stereocenters. The first-order valence-electron chi connectivity index (χ1n) is 9.36. The van der Waals surface area contributed by atoms with Gasteiger partial charge in [0.05, 0.1) is 12.1 Å². The number of benzene rings is 3. The van der Waals surface area contributed by atoms with Crippen molar-refractivity contribution in [2.24, 2.45) is 0 Å². The third-order valence-electron chi connectivity index (χ3n) is 4.62. The van der Waals surface area contributed by atoms with Crippen LogP contribution in [0.4, 0.5) is 11.4 Å². The molecule has 1 amide bonds. The maximum Gasteiger partial charge on any atom is 0.251 e. The molecule has 0 radical (unpaired) electrons. The van der Waals surface area contributed by atoms with Gasteiger partial charge in [-0.05, 0) is 42.0 Å². The monoisotopic (exact) mass is 421 g/mol. The molecule has 4 rings (SSSR count). The van der Waals surface area contributed by atoms with Crippen LogP contribution in [0.1, 0.15) is 17.5 Å². The zero-order valence-electron chi connectivity index (χ0n) is 16.5. The van der Waals surface area contributed by atoms with E-state index in [-0.39, 0.29) is 5.91 Å². The molecule has 4 aromatic rings. The molecule has 30 heavy (non-hydrogen) atoms. The van der Waals surface area contributed by atoms with Crippen LogP contribution in [0.15, 0.2) is 71.1 Å². The van der Waals surface area contributed by atoms with Crippen LogP contribution in [-0.4, -0.2) is 18.0 Å². The summed E-state index contributed by atoms with van der Waals surface area (Å²) in [7, 11) is 1.54. The third kappa shape index (κ3) is 4.23. The molecule has 6 nitrogen and oxygen atoms in total. The topological polar surface area (TPSA) is 76.4 Å². The van der Waals surface area contributed by atoms with Crippen LogP contribution in [0, 0.1) is 6.92 Å². The van der Waals surface area contributed by atoms with Crippen molar-refractivity contribution in [1.29, 1.82) is 0 Å². The normalized spacial score (nSPS) is 11.8. The number of fused-ring (bicyclic) bond motifs is 1. The summed E-state index contributed by atoms with van der Waals surface area (Å²) in [6, 6.07) is 19.5. The number of aromatic nitrogens is 1. The van der Waals surface area contributed by atoms with Crippen molar-refractivity contribution in [2.75, 3.05) is 17.7 Å². The Morgan fingerprint density at radius 1 is 1.07 bits per heavy atom. The van der Waals surface area contributed by atoms with Gasteiger partial charge in [0.25, 0.3) is 5.91 Å². The van der Waals surface area contributed by atoms with Crippen LogP contribution < -0.4 is 15.4 Å². The van der Waals surface area contributed by atoms with Gasteiger partial charge in [-0.15, -0.1) is 0 Å². The Morgan fingerprint density at radius 3 is 2.57 bits per heavy atom. The van der Waals surface area contributed by atoms with Crippen molar-refractivity contribution in [3.63, 3.8) is 0 Å². The molecule has 1 heterocycles. The van der Waals surface area contributed by atoms with E-state index in [1.54, 1.807) is 32.2 Å². The summed E-state index contributed by atoms with van der Waals surface area (Å²) in [4.78, 5) is 17.5. The van der Waals surface area contributed by atoms with E-state index in [1.807, 2.05) is 48.5 Å². The predicted molar refractivity (Wildman–Crippen MR) is 118 cm³/mol. The number of nitrogens with zero attached hydrogens (tertiary/aromatic N) is 1. The number of rotatable bonds is 6. The number of anilines is 2. The van der Waals surface area contributed by atoms with Gasteiger partial charge < -0.3 is 19.8 Å². The van der Waals surface area contributed by atoms with Gasteiger partial charge in [-0.2, -0.15) is 0 Å². The molecular weight excluding hydrogens is 402 g/mol. The first-order chi connectivity index (χ1) is 14.5. The molecule has 0 bridgehead atoms. The van der Waals surface area contributed by atoms with E-state index >= 15 is 0 Å². The van der Waals surface area contributed by atoms with Crippen molar-refractivity contribution in [2.45, 2.75) is 13.0 Å². The highest BCUT2D eigenvalue weighted by Gasteiger charge is 2.21. The van der Waals surface area contributed by atoms with Gasteiger partial charge >= 0.3 is 0 Å². The number of aryl methyl sites for hydroxylation is 1. The summed E-state index contributed by atoms with van der Waals surface area (Å²) >= 11 is 6.19. The maximum absolute atomic E-state index is 13.2. The average Bonchev–Trinajstić information content (AvgIpc) is 3.12. The van der Waals surface area contributed by atoms with E-state index in [2.05, 4.69) is 15.6 Å². The van der Waals surface area contributed by atoms with Crippen LogP contribution >= 0.6 is 11.6 Å². The van der Waals surface area contributed by atoms with Crippen molar-refractivity contribution < 1.29 is 13.9 Å². The van der Waals surface area contributed by atoms with Gasteiger partial charge in [0.1, 0.15) is 17.3 Å². The van der Waals surface area contributed by atoms with E-state index in [9.17, 15) is 4.79 Å². The smallest absolute Gasteiger partial charge is 0.251 e. The minimum Gasteiger partial charge on any atom is -0.495 e. The Labute approximate surface area is 178 Å². The second-order valence-electron chi connectivity index (χ2n) is 6.74. The van der Waals surface area contributed by atoms with Crippen LogP contribution in [0.25, 0.3) is 11.1 Å². The lowest BCUT2D eigenvalue weighted by Gasteiger charge is -2.20. The molecule has 0 fully saturated rings. The second kappa shape index (κ2) is 8.47. The Bertz CT molecular complexity index is 1190. The second-order valence-corrected chi connectivity index (χ2v) is 7.15. The number of amides is 1. The zero-order chi connectivity index (χ0) is 21.1. The van der Waals surface area contributed by atoms with Gasteiger partial charge in [0.15, 0.2) is 11.5 Å². The lowest BCUT2D eigenvalue weighted by Crippen LogP contribution is -2.27. The van der Waals surface area contributed by atoms with Gasteiger partial charge in [0.2, 0.25) is 0 Å². The molecule has 0 saturated carbocycles. The number of methoxy groups -OCH3 is 1. The Kier molecular flexibility index (Phi) is 5.59. The minimum atomic E-state index is -0.627. The third-order valence-corrected chi connectivity index (χ3v) is 4.92. The quantitative estimate of drug-likeness (QED) is 0.424. The molecule has 0 aliphatic carbocycles. The van der Waals surface area contributed by atoms with Gasteiger partial charge in [-0.3, -0.25) is 4.79 Å². The number of oxazole rings is 1. The summed E-state index contributed by atoms with van der Waals surface area (Å²) in [5.74, 6) is 0.915. The van der Waals surface area contributed by atoms with E-state index in [1.165, 1.54) is 0 Å². The number of hydrogen-bond acceptors (Lipinski definition) is 5. The standard InChI is InChI=1S/C23H20ClN3O3/c1-14-25-19-13-17(9-11-21(19)30-14)26-22(15-6-4-3-5-7-15)23(28)27-16-8-10-20(29-2)18(24)12-16/h3-13,22,26H,1-2H3,(H,27,28)/t22-/m1/s1. The summed E-state index contributed by atoms with van der Waals surface area (Å²) < 4.78 is 10.7. The molecule has 0 aliphatic heterocycles. The van der Waals surface area contributed by atoms with Crippen LogP contribution in [0.3, 0.4) is 0 Å². The molecule has 1 aromatic heterocycles. The Hall–Kier alpha value is -3.51. The zero-order valence-corrected chi connectivity index (χ0v) is 17.2. The largest absolute Gasteiger partial charge is 0.495 e. The fourth-order valence-corrected chi connectivity index (χ4v) is 3.46. The number of hydrogen-bond donors (Lipinski definition) is 2. The molecule has 1 atom stereocenters. The molecule has 3 aromatic carbocycles. The lowest BCUT2D eigenvalue weighted by molar-refractivity contribution is -0.117. The van der Waals surface area contributed by atoms with Crippen LogP contribution in [0.5, 0.6) is 5.75 Å². The highest BCUT2D eigenvalue weighted by atomic mass is 35.5. The molecule has 152 valence electrons. The molecule has 7 heteroatoms. The number of carbonyl (C=O) groups excluding carboxylic acids is 1. The number of nitrogens with one attached hydrogen (secondary N) is 2. The highest BCUT2D eigenvalue weighted by molar-refractivity contribution is 6.32. The highest BCUT2D eigenvalue weighted by Crippen LogP contribution is 2.29. The molecule has 0 aliphatic rings. The summed E-state index contributed by atoms with van der Waals surface area (Å²) in [5, 5.41) is 6.64. The molecule has 0 saturated heterocycles. The van der Waals surface area contributed by atoms with Crippen molar-refractivity contribution >= 4 is 40.0 Å². The van der Waals surface area contributed by atoms with Crippen molar-refractivity contribution in [3.8, 4) is 5.75 Å². The Morgan fingerprint density at radius 2 is 1.83 bits per heavy atom. The lowest BCUT2D eigenvalue weighted by atomic mass is 10.1. The van der Waals surface area contributed by atoms with Gasteiger partial charge in [-0.25, -0.2) is 4.98 Å². The first kappa shape index (κ1) is 19.8. The number of ether oxygens (including phenoxy) is 1. The van der Waals surface area contributed by atoms with Gasteiger partial charge in [0, 0.05) is 18.3 Å². The van der Waals surface area contributed by atoms with Crippen LogP contribution in [-0.2, 0) is 4.79 Å². The van der Waals surface area contributed by atoms with E-state index in [0.29, 0.717) is 27.9 Å². The van der Waals surface area contributed by atoms with E-state index in [4.69, 9.17) is 20.8 Å². The maximum atomic E-state index is 13.2. The van der Waals surface area contributed by atoms with E-state index < -0.39 is 6.04 Å². The first-order valence-corrected chi connectivity index (χ1v) is 9.74. The predicted octanol–water partition coefficient (Wildman–Crippen LogP) is 5.59. The number of carbonyl (C=O) groups is 1. The summed E-state index contributed by atoms with van der Waals surface area (Å²) in [6.07, 6.45) is 0. The van der Waals surface area contributed by atoms with Gasteiger partial charge in [-0.1, -0.05) is 41.9 Å². The number of halogens is 1. The fraction of sp³-hybridized carbons (Fsp3) is 0.130. The van der Waals surface area contributed by atoms with Crippen molar-refractivity contribution in [1.82, 2.24) is 4.98 Å². The molecule has 0 spiro atoms. The van der Waals surface area contributed by atoms with Crippen LogP contribution in [0.2, 0.25) is 5.02 Å². The van der Waals surface area contributed by atoms with E-state index in [0.717, 1.165) is 16.8 Å². The minimum absolute atomic E-state index is 0.223. The Balaban J connectivity index is 1.62. The fourth-order valence-electron chi connectivity index (χ4n) is 3.20. The summed E-state index contributed by atoms with van der Waals surface area (Å²) in [6.45, 7) is 1.80. The molecular formula is C23H20ClN3O3. The molecule has 2 N–H and O–H groups in total. The van der Waals surface area contributed by atoms with Crippen molar-refractivity contribution in [3.05, 3.63) is 83.2 Å². The average molecular weight is 422 g/mol. The summed E-state index contributed by atoms with van der Waals surface area (Å²) in [5.41, 5.74) is 3.59. The SMILES string of the molecule is COc1ccc(NC(=O)[C@H](Nc2ccc3oc(C)nc3c2)c2ccccc2)cc1Cl.